The van der Waals surface area contributed by atoms with Crippen molar-refractivity contribution >= 4 is 132 Å². The number of nitrogens with zero attached hydrogens (tertiary/aromatic N) is 6. The number of hydrogen-bond acceptors (Lipinski definition) is 4. The second kappa shape index (κ2) is 13.3. The first kappa shape index (κ1) is 35.5. The molecule has 0 bridgehead atoms. The average Bonchev–Trinajstić information content (AvgIpc) is 4.10. The quantitative estimate of drug-likeness (QED) is 0.167. The molecular formula is C60H36N6. The van der Waals surface area contributed by atoms with Crippen molar-refractivity contribution in [3.05, 3.63) is 218 Å². The molecule has 0 fully saturated rings. The maximum atomic E-state index is 5.93. The van der Waals surface area contributed by atoms with E-state index in [0.29, 0.717) is 0 Å². The Hall–Kier alpha value is -9.00. The number of para-hydroxylation sites is 6. The van der Waals surface area contributed by atoms with E-state index >= 15 is 0 Å². The van der Waals surface area contributed by atoms with Crippen molar-refractivity contribution in [1.82, 2.24) is 18.8 Å². The lowest BCUT2D eigenvalue weighted by molar-refractivity contribution is 1.23. The van der Waals surface area contributed by atoms with Crippen molar-refractivity contribution in [1.29, 1.82) is 0 Å². The first-order valence-electron chi connectivity index (χ1n) is 22.5. The minimum Gasteiger partial charge on any atom is -0.308 e. The normalized spacial score (nSPS) is 12.2. The Labute approximate surface area is 377 Å². The van der Waals surface area contributed by atoms with Gasteiger partial charge in [0, 0.05) is 60.5 Å². The zero-order valence-corrected chi connectivity index (χ0v) is 35.5. The monoisotopic (exact) mass is 840 g/mol. The van der Waals surface area contributed by atoms with Crippen LogP contribution in [0.25, 0.3) is 98.3 Å². The molecule has 0 atom stereocenters. The summed E-state index contributed by atoms with van der Waals surface area (Å²) in [6.45, 7) is 0. The third kappa shape index (κ3) is 4.69. The van der Waals surface area contributed by atoms with E-state index in [-0.39, 0.29) is 0 Å². The SMILES string of the molecule is c1ccc(N(c2ccccc2)c2c3ccccc3cc3c4cccc5c6nc7c(nc6n(c23)c45)c2c3ccccc3cc3c4cccc(N(c5ccccc5)c5ccccc5)c4n7c32)cc1. The van der Waals surface area contributed by atoms with Crippen molar-refractivity contribution < 1.29 is 0 Å². The van der Waals surface area contributed by atoms with Crippen LogP contribution in [0, 0.1) is 0 Å². The van der Waals surface area contributed by atoms with E-state index in [1.165, 1.54) is 32.3 Å². The number of benzene rings is 10. The van der Waals surface area contributed by atoms with E-state index in [1.54, 1.807) is 0 Å². The van der Waals surface area contributed by atoms with E-state index < -0.39 is 0 Å². The summed E-state index contributed by atoms with van der Waals surface area (Å²) in [5.74, 6) is 0. The maximum Gasteiger partial charge on any atom is 0.165 e. The maximum absolute atomic E-state index is 5.93. The van der Waals surface area contributed by atoms with E-state index in [4.69, 9.17) is 9.97 Å². The van der Waals surface area contributed by atoms with Crippen LogP contribution in [0.2, 0.25) is 0 Å². The number of fused-ring (bicyclic) bond motifs is 15. The molecular weight excluding hydrogens is 805 g/mol. The van der Waals surface area contributed by atoms with Crippen molar-refractivity contribution in [3.63, 3.8) is 0 Å². The highest BCUT2D eigenvalue weighted by molar-refractivity contribution is 6.33. The fourth-order valence-corrected chi connectivity index (χ4v) is 11.2. The molecule has 15 rings (SSSR count). The van der Waals surface area contributed by atoms with Crippen molar-refractivity contribution in [3.8, 4) is 0 Å². The highest BCUT2D eigenvalue weighted by atomic mass is 15.2. The van der Waals surface area contributed by atoms with Crippen LogP contribution in [0.1, 0.15) is 0 Å². The molecule has 10 aromatic carbocycles. The lowest BCUT2D eigenvalue weighted by Crippen LogP contribution is -2.11. The molecule has 0 N–H and O–H groups in total. The van der Waals surface area contributed by atoms with Crippen molar-refractivity contribution in [2.75, 3.05) is 9.80 Å². The topological polar surface area (TPSA) is 41.1 Å². The standard InChI is InChI=1S/C60H36N6/c1-5-21-39(22-6-1)63(40-23-7-2-8-24-40)50-34-18-32-46-48-35-37-19-13-15-29-43(37)51-53-60(66(55(46)50)56(48)51)61-52-47-33-17-31-45-49-36-38-20-14-16-30-44(38)57(58(49)65(54(45)47)59(52)62-53)64(41-25-9-3-10-26-41)42-27-11-4-12-28-42/h1-36H. The molecule has 15 aromatic rings. The molecule has 6 nitrogen and oxygen atoms in total. The zero-order chi connectivity index (χ0) is 43.0. The van der Waals surface area contributed by atoms with Gasteiger partial charge >= 0.3 is 0 Å². The van der Waals surface area contributed by atoms with Crippen LogP contribution in [0.4, 0.5) is 34.1 Å². The molecule has 0 amide bonds. The third-order valence-corrected chi connectivity index (χ3v) is 13.8. The van der Waals surface area contributed by atoms with E-state index in [9.17, 15) is 0 Å². The molecule has 0 saturated heterocycles. The molecule has 0 radical (unpaired) electrons. The smallest absolute Gasteiger partial charge is 0.165 e. The Morgan fingerprint density at radius 1 is 0.303 bits per heavy atom. The average molecular weight is 841 g/mol. The fraction of sp³-hybridized carbons (Fsp3) is 0. The first-order valence-corrected chi connectivity index (χ1v) is 22.5. The number of rotatable bonds is 6. The molecule has 0 aliphatic carbocycles. The molecule has 6 heteroatoms. The molecule has 0 aliphatic heterocycles. The van der Waals surface area contributed by atoms with E-state index in [0.717, 1.165) is 100 Å². The van der Waals surface area contributed by atoms with Crippen LogP contribution < -0.4 is 9.80 Å². The number of anilines is 6. The van der Waals surface area contributed by atoms with Crippen molar-refractivity contribution in [2.24, 2.45) is 0 Å². The highest BCUT2D eigenvalue weighted by Gasteiger charge is 2.30. The number of aromatic nitrogens is 4. The van der Waals surface area contributed by atoms with Crippen LogP contribution in [-0.2, 0) is 0 Å². The van der Waals surface area contributed by atoms with E-state index in [1.807, 2.05) is 0 Å². The van der Waals surface area contributed by atoms with Gasteiger partial charge in [-0.25, -0.2) is 9.97 Å². The van der Waals surface area contributed by atoms with Crippen LogP contribution in [0.15, 0.2) is 218 Å². The Morgan fingerprint density at radius 3 is 1.38 bits per heavy atom. The third-order valence-electron chi connectivity index (χ3n) is 13.8. The van der Waals surface area contributed by atoms with Gasteiger partial charge < -0.3 is 9.80 Å². The second-order valence-electron chi connectivity index (χ2n) is 17.3. The van der Waals surface area contributed by atoms with Gasteiger partial charge in [0.2, 0.25) is 0 Å². The van der Waals surface area contributed by atoms with Gasteiger partial charge in [0.1, 0.15) is 11.0 Å². The summed E-state index contributed by atoms with van der Waals surface area (Å²) in [5, 5.41) is 11.6. The van der Waals surface area contributed by atoms with Gasteiger partial charge in [0.05, 0.1) is 33.4 Å². The molecule has 0 unspecified atom stereocenters. The van der Waals surface area contributed by atoms with Gasteiger partial charge in [-0.3, -0.25) is 8.80 Å². The summed E-state index contributed by atoms with van der Waals surface area (Å²) < 4.78 is 4.84. The fourth-order valence-electron chi connectivity index (χ4n) is 11.2. The van der Waals surface area contributed by atoms with Crippen LogP contribution in [0.5, 0.6) is 0 Å². The van der Waals surface area contributed by atoms with Gasteiger partial charge in [-0.1, -0.05) is 152 Å². The molecule has 0 aliphatic rings. The molecule has 66 heavy (non-hydrogen) atoms. The van der Waals surface area contributed by atoms with E-state index in [2.05, 4.69) is 237 Å². The van der Waals surface area contributed by atoms with Gasteiger partial charge in [-0.15, -0.1) is 0 Å². The summed E-state index contributed by atoms with van der Waals surface area (Å²) in [7, 11) is 0. The predicted octanol–water partition coefficient (Wildman–Crippen LogP) is 16.0. The Morgan fingerprint density at radius 2 is 0.742 bits per heavy atom. The summed E-state index contributed by atoms with van der Waals surface area (Å²) >= 11 is 0. The molecule has 0 saturated carbocycles. The van der Waals surface area contributed by atoms with Crippen LogP contribution in [0.3, 0.4) is 0 Å². The Bertz CT molecular complexity index is 4310. The van der Waals surface area contributed by atoms with Gasteiger partial charge in [-0.2, -0.15) is 0 Å². The van der Waals surface area contributed by atoms with Gasteiger partial charge in [-0.05, 0) is 82.9 Å². The second-order valence-corrected chi connectivity index (χ2v) is 17.3. The van der Waals surface area contributed by atoms with Gasteiger partial charge in [0.25, 0.3) is 0 Å². The Balaban J connectivity index is 1.14. The predicted molar refractivity (Wildman–Crippen MR) is 276 cm³/mol. The first-order chi connectivity index (χ1) is 32.8. The lowest BCUT2D eigenvalue weighted by Gasteiger charge is -2.28. The summed E-state index contributed by atoms with van der Waals surface area (Å²) in [5.41, 5.74) is 14.4. The molecule has 5 aromatic heterocycles. The minimum absolute atomic E-state index is 0.846. The summed E-state index contributed by atoms with van der Waals surface area (Å²) in [6, 6.07) is 78.5. The molecule has 5 heterocycles. The molecule has 306 valence electrons. The van der Waals surface area contributed by atoms with Crippen LogP contribution >= 0.6 is 0 Å². The van der Waals surface area contributed by atoms with Gasteiger partial charge in [0.15, 0.2) is 11.3 Å². The summed E-state index contributed by atoms with van der Waals surface area (Å²) in [6.07, 6.45) is 0. The minimum atomic E-state index is 0.846. The highest BCUT2D eigenvalue weighted by Crippen LogP contribution is 2.51. The van der Waals surface area contributed by atoms with Crippen molar-refractivity contribution in [2.45, 2.75) is 0 Å². The zero-order valence-electron chi connectivity index (χ0n) is 35.5. The lowest BCUT2D eigenvalue weighted by atomic mass is 10.0. The Kier molecular flexibility index (Phi) is 7.13. The summed E-state index contributed by atoms with van der Waals surface area (Å²) in [4.78, 5) is 16.6. The number of hydrogen-bond donors (Lipinski definition) is 0. The van der Waals surface area contributed by atoms with Crippen LogP contribution in [-0.4, -0.2) is 18.8 Å². The molecule has 0 spiro atoms. The largest absolute Gasteiger partial charge is 0.308 e.